The molecule has 4 saturated carbocycles. The molecule has 4 bridgehead atoms. The maximum Gasteiger partial charge on any atom is 0.335 e. The van der Waals surface area contributed by atoms with Gasteiger partial charge in [-0.25, -0.2) is 9.78 Å². The van der Waals surface area contributed by atoms with Crippen LogP contribution in [0.25, 0.3) is 16.9 Å². The van der Waals surface area contributed by atoms with Gasteiger partial charge in [0.2, 0.25) is 0 Å². The molecule has 3 aromatic rings. The molecule has 2 heterocycles. The average molecular weight is 430 g/mol. The summed E-state index contributed by atoms with van der Waals surface area (Å²) in [5.41, 5.74) is 3.09. The molecule has 1 amide bonds. The average Bonchev–Trinajstić information content (AvgIpc) is 3.21. The molecule has 4 aliphatic rings. The van der Waals surface area contributed by atoms with Gasteiger partial charge in [-0.15, -0.1) is 0 Å². The molecule has 2 N–H and O–H groups in total. The van der Waals surface area contributed by atoms with Crippen LogP contribution in [0.3, 0.4) is 0 Å². The van der Waals surface area contributed by atoms with Crippen molar-refractivity contribution in [1.29, 1.82) is 0 Å². The first-order valence-corrected chi connectivity index (χ1v) is 11.6. The van der Waals surface area contributed by atoms with Crippen molar-refractivity contribution in [2.45, 2.75) is 38.5 Å². The lowest BCUT2D eigenvalue weighted by Crippen LogP contribution is -2.51. The Labute approximate surface area is 186 Å². The second-order valence-electron chi connectivity index (χ2n) is 10.3. The van der Waals surface area contributed by atoms with E-state index in [2.05, 4.69) is 10.3 Å². The normalized spacial score (nSPS) is 28.2. The molecular weight excluding hydrogens is 402 g/mol. The molecule has 7 rings (SSSR count). The molecule has 0 radical (unpaired) electrons. The predicted molar refractivity (Wildman–Crippen MR) is 121 cm³/mol. The number of benzene rings is 1. The van der Waals surface area contributed by atoms with E-state index in [-0.39, 0.29) is 16.9 Å². The zero-order valence-corrected chi connectivity index (χ0v) is 18.0. The van der Waals surface area contributed by atoms with Crippen LogP contribution in [0.4, 0.5) is 0 Å². The Morgan fingerprint density at radius 2 is 1.72 bits per heavy atom. The third-order valence-corrected chi connectivity index (χ3v) is 7.92. The minimum Gasteiger partial charge on any atom is -0.478 e. The van der Waals surface area contributed by atoms with E-state index >= 15 is 0 Å². The predicted octanol–water partition coefficient (Wildman–Crippen LogP) is 4.65. The van der Waals surface area contributed by atoms with E-state index in [1.165, 1.54) is 38.5 Å². The highest BCUT2D eigenvalue weighted by Gasteiger charge is 2.50. The maximum absolute atomic E-state index is 13.2. The van der Waals surface area contributed by atoms with Gasteiger partial charge in [-0.2, -0.15) is 0 Å². The summed E-state index contributed by atoms with van der Waals surface area (Å²) in [5.74, 6) is 1.54. The van der Waals surface area contributed by atoms with Gasteiger partial charge in [0.05, 0.1) is 11.3 Å². The van der Waals surface area contributed by atoms with Crippen LogP contribution in [0.2, 0.25) is 0 Å². The summed E-state index contributed by atoms with van der Waals surface area (Å²) in [6.07, 6.45) is 9.79. The second kappa shape index (κ2) is 7.19. The molecule has 6 heteroatoms. The van der Waals surface area contributed by atoms with E-state index < -0.39 is 5.97 Å². The van der Waals surface area contributed by atoms with Crippen molar-refractivity contribution < 1.29 is 14.7 Å². The van der Waals surface area contributed by atoms with Crippen LogP contribution in [0.1, 0.15) is 59.4 Å². The number of nitrogens with zero attached hydrogens (tertiary/aromatic N) is 2. The number of imidazole rings is 1. The Morgan fingerprint density at radius 3 is 2.41 bits per heavy atom. The summed E-state index contributed by atoms with van der Waals surface area (Å²) < 4.78 is 1.80. The first kappa shape index (κ1) is 19.5. The first-order chi connectivity index (χ1) is 15.5. The van der Waals surface area contributed by atoms with Crippen LogP contribution >= 0.6 is 0 Å². The molecule has 0 spiro atoms. The number of aromatic carboxylic acids is 1. The van der Waals surface area contributed by atoms with Crippen molar-refractivity contribution >= 4 is 17.5 Å². The third kappa shape index (κ3) is 3.29. The van der Waals surface area contributed by atoms with Gasteiger partial charge in [-0.1, -0.05) is 18.2 Å². The maximum atomic E-state index is 13.2. The quantitative estimate of drug-likeness (QED) is 0.619. The number of carbonyl (C=O) groups is 2. The number of carboxylic acids is 1. The van der Waals surface area contributed by atoms with Gasteiger partial charge in [0.15, 0.2) is 0 Å². The zero-order chi connectivity index (χ0) is 21.9. The lowest BCUT2D eigenvalue weighted by molar-refractivity contribution is -0.0503. The highest BCUT2D eigenvalue weighted by Crippen LogP contribution is 2.59. The van der Waals surface area contributed by atoms with Gasteiger partial charge in [-0.3, -0.25) is 9.20 Å². The fourth-order valence-electron chi connectivity index (χ4n) is 7.01. The standard InChI is InChI=1S/C26H27N3O3/c30-24(27-15-26-11-16-7-17(12-26)9-18(8-16)13-26)22-5-2-6-23-28-21(14-29(22)23)19-3-1-4-20(10-19)25(31)32/h1-6,10,14,16-18H,7-9,11-13,15H2,(H,27,30)(H,31,32). The lowest BCUT2D eigenvalue weighted by Gasteiger charge is -2.56. The van der Waals surface area contributed by atoms with E-state index in [0.29, 0.717) is 22.6 Å². The van der Waals surface area contributed by atoms with Crippen LogP contribution in [0.15, 0.2) is 48.7 Å². The molecule has 0 atom stereocenters. The van der Waals surface area contributed by atoms with Crippen LogP contribution in [0.5, 0.6) is 0 Å². The van der Waals surface area contributed by atoms with Gasteiger partial charge in [0.1, 0.15) is 11.3 Å². The van der Waals surface area contributed by atoms with E-state index in [4.69, 9.17) is 0 Å². The smallest absolute Gasteiger partial charge is 0.335 e. The van der Waals surface area contributed by atoms with Crippen molar-refractivity contribution in [2.75, 3.05) is 6.54 Å². The summed E-state index contributed by atoms with van der Waals surface area (Å²) in [6, 6.07) is 12.2. The number of fused-ring (bicyclic) bond motifs is 1. The molecule has 4 aliphatic carbocycles. The molecule has 6 nitrogen and oxygen atoms in total. The van der Waals surface area contributed by atoms with Crippen molar-refractivity contribution in [3.63, 3.8) is 0 Å². The number of rotatable bonds is 5. The van der Waals surface area contributed by atoms with Gasteiger partial charge in [0, 0.05) is 18.3 Å². The summed E-state index contributed by atoms with van der Waals surface area (Å²) in [6.45, 7) is 0.758. The second-order valence-corrected chi connectivity index (χ2v) is 10.3. The number of carboxylic acid groups (broad SMARTS) is 1. The molecular formula is C26H27N3O3. The number of pyridine rings is 1. The number of amides is 1. The fourth-order valence-corrected chi connectivity index (χ4v) is 7.01. The minimum absolute atomic E-state index is 0.0745. The van der Waals surface area contributed by atoms with Gasteiger partial charge < -0.3 is 10.4 Å². The molecule has 2 aromatic heterocycles. The third-order valence-electron chi connectivity index (χ3n) is 7.92. The van der Waals surface area contributed by atoms with E-state index in [1.54, 1.807) is 22.6 Å². The summed E-state index contributed by atoms with van der Waals surface area (Å²) in [7, 11) is 0. The SMILES string of the molecule is O=C(O)c1cccc(-c2cn3c(C(=O)NCC45CC6CC(CC(C6)C4)C5)cccc3n2)c1. The Hall–Kier alpha value is -3.15. The summed E-state index contributed by atoms with van der Waals surface area (Å²) >= 11 is 0. The Morgan fingerprint density at radius 1 is 1.03 bits per heavy atom. The highest BCUT2D eigenvalue weighted by atomic mass is 16.4. The Bertz CT molecular complexity index is 1190. The topological polar surface area (TPSA) is 83.7 Å². The van der Waals surface area contributed by atoms with Crippen LogP contribution in [-0.2, 0) is 0 Å². The van der Waals surface area contributed by atoms with E-state index in [1.807, 2.05) is 30.5 Å². The summed E-state index contributed by atoms with van der Waals surface area (Å²) in [5, 5.41) is 12.5. The number of aromatic nitrogens is 2. The molecule has 4 fully saturated rings. The van der Waals surface area contributed by atoms with Crippen LogP contribution < -0.4 is 5.32 Å². The fraction of sp³-hybridized carbons (Fsp3) is 0.423. The van der Waals surface area contributed by atoms with Crippen molar-refractivity contribution in [3.8, 4) is 11.3 Å². The highest BCUT2D eigenvalue weighted by molar-refractivity contribution is 5.93. The largest absolute Gasteiger partial charge is 0.478 e. The van der Waals surface area contributed by atoms with Crippen molar-refractivity contribution in [2.24, 2.45) is 23.2 Å². The number of hydrogen-bond donors (Lipinski definition) is 2. The molecule has 0 saturated heterocycles. The lowest BCUT2D eigenvalue weighted by atomic mass is 9.49. The van der Waals surface area contributed by atoms with Gasteiger partial charge in [-0.05, 0) is 86.0 Å². The number of nitrogens with one attached hydrogen (secondary N) is 1. The summed E-state index contributed by atoms with van der Waals surface area (Å²) in [4.78, 5) is 29.2. The first-order valence-electron chi connectivity index (χ1n) is 11.6. The molecule has 164 valence electrons. The van der Waals surface area contributed by atoms with Gasteiger partial charge >= 0.3 is 5.97 Å². The minimum atomic E-state index is -0.972. The van der Waals surface area contributed by atoms with Crippen molar-refractivity contribution in [3.05, 3.63) is 59.9 Å². The monoisotopic (exact) mass is 429 g/mol. The molecule has 32 heavy (non-hydrogen) atoms. The Kier molecular flexibility index (Phi) is 4.39. The van der Waals surface area contributed by atoms with Gasteiger partial charge in [0.25, 0.3) is 5.91 Å². The zero-order valence-electron chi connectivity index (χ0n) is 18.0. The Balaban J connectivity index is 1.25. The van der Waals surface area contributed by atoms with Crippen LogP contribution in [-0.4, -0.2) is 32.9 Å². The molecule has 0 aliphatic heterocycles. The number of carbonyl (C=O) groups excluding carboxylic acids is 1. The van der Waals surface area contributed by atoms with E-state index in [9.17, 15) is 14.7 Å². The number of hydrogen-bond acceptors (Lipinski definition) is 3. The van der Waals surface area contributed by atoms with E-state index in [0.717, 1.165) is 24.3 Å². The van der Waals surface area contributed by atoms with Crippen molar-refractivity contribution in [1.82, 2.24) is 14.7 Å². The van der Waals surface area contributed by atoms with Crippen LogP contribution in [0, 0.1) is 23.2 Å². The molecule has 1 aromatic carbocycles. The molecule has 0 unspecified atom stereocenters.